The zero-order chi connectivity index (χ0) is 14.7. The van der Waals surface area contributed by atoms with E-state index in [4.69, 9.17) is 9.47 Å². The average molecular weight is 313 g/mol. The van der Waals surface area contributed by atoms with Crippen molar-refractivity contribution in [2.45, 2.75) is 50.7 Å². The van der Waals surface area contributed by atoms with Gasteiger partial charge in [0.1, 0.15) is 0 Å². The summed E-state index contributed by atoms with van der Waals surface area (Å²) in [4.78, 5) is 14.8. The van der Waals surface area contributed by atoms with Crippen LogP contribution in [0.3, 0.4) is 0 Å². The summed E-state index contributed by atoms with van der Waals surface area (Å²) >= 11 is 1.98. The number of likely N-dealkylation sites (tertiary alicyclic amines) is 1. The van der Waals surface area contributed by atoms with Crippen LogP contribution in [0.1, 0.15) is 39.0 Å². The highest BCUT2D eigenvalue weighted by atomic mass is 32.2. The summed E-state index contributed by atoms with van der Waals surface area (Å²) in [5.41, 5.74) is -0.128. The van der Waals surface area contributed by atoms with Crippen molar-refractivity contribution in [2.24, 2.45) is 5.92 Å². The van der Waals surface area contributed by atoms with Crippen molar-refractivity contribution in [1.82, 2.24) is 4.90 Å². The van der Waals surface area contributed by atoms with Crippen LogP contribution in [0.2, 0.25) is 0 Å². The van der Waals surface area contributed by atoms with Crippen LogP contribution in [0.15, 0.2) is 0 Å². The van der Waals surface area contributed by atoms with Crippen LogP contribution in [-0.4, -0.2) is 60.3 Å². The monoisotopic (exact) mass is 313 g/mol. The third-order valence-corrected chi connectivity index (χ3v) is 6.05. The molecule has 1 amide bonds. The van der Waals surface area contributed by atoms with Crippen LogP contribution in [0.5, 0.6) is 0 Å². The average Bonchev–Trinajstić information content (AvgIpc) is 2.90. The first-order chi connectivity index (χ1) is 10.2. The summed E-state index contributed by atoms with van der Waals surface area (Å²) in [6, 6.07) is 0. The summed E-state index contributed by atoms with van der Waals surface area (Å²) in [6.07, 6.45) is 5.40. The Hall–Kier alpha value is -0.260. The molecule has 0 aliphatic carbocycles. The largest absolute Gasteiger partial charge is 0.376 e. The Morgan fingerprint density at radius 3 is 3.00 bits per heavy atom. The number of piperidine rings is 1. The van der Waals surface area contributed by atoms with E-state index in [0.29, 0.717) is 12.5 Å². The topological polar surface area (TPSA) is 38.8 Å². The first kappa shape index (κ1) is 15.6. The number of carbonyl (C=O) groups excluding carboxylic acids is 1. The molecular weight excluding hydrogens is 286 g/mol. The fourth-order valence-electron chi connectivity index (χ4n) is 3.92. The highest BCUT2D eigenvalue weighted by Gasteiger charge is 2.45. The van der Waals surface area contributed by atoms with Crippen LogP contribution in [0, 0.1) is 5.92 Å². The van der Waals surface area contributed by atoms with E-state index in [2.05, 4.69) is 4.90 Å². The van der Waals surface area contributed by atoms with Gasteiger partial charge in [-0.3, -0.25) is 4.79 Å². The Labute approximate surface area is 131 Å². The van der Waals surface area contributed by atoms with Gasteiger partial charge < -0.3 is 14.4 Å². The van der Waals surface area contributed by atoms with Crippen molar-refractivity contribution in [3.63, 3.8) is 0 Å². The van der Waals surface area contributed by atoms with Crippen LogP contribution in [0.4, 0.5) is 0 Å². The predicted molar refractivity (Wildman–Crippen MR) is 84.6 cm³/mol. The Bertz CT molecular complexity index is 373. The highest BCUT2D eigenvalue weighted by molar-refractivity contribution is 7.99. The van der Waals surface area contributed by atoms with Gasteiger partial charge >= 0.3 is 0 Å². The first-order valence-corrected chi connectivity index (χ1v) is 9.50. The lowest BCUT2D eigenvalue weighted by Gasteiger charge is -2.41. The molecule has 0 aromatic heterocycles. The molecule has 4 nitrogen and oxygen atoms in total. The molecule has 0 bridgehead atoms. The zero-order valence-electron chi connectivity index (χ0n) is 13.0. The smallest absolute Gasteiger partial charge is 0.225 e. The van der Waals surface area contributed by atoms with Crippen LogP contribution in [-0.2, 0) is 14.3 Å². The molecule has 1 spiro atoms. The van der Waals surface area contributed by atoms with Crippen molar-refractivity contribution in [1.29, 1.82) is 0 Å². The number of amides is 1. The lowest BCUT2D eigenvalue weighted by Crippen LogP contribution is -2.52. The SMILES string of the molecule is CCO[C@@H]1CO[C@]2(CCCN(C(=O)C3CCSCC3)C2)C1. The minimum absolute atomic E-state index is 0.128. The van der Waals surface area contributed by atoms with Crippen molar-refractivity contribution in [2.75, 3.05) is 37.8 Å². The molecule has 3 rings (SSSR count). The lowest BCUT2D eigenvalue weighted by atomic mass is 9.88. The van der Waals surface area contributed by atoms with Gasteiger partial charge in [-0.2, -0.15) is 11.8 Å². The molecule has 21 heavy (non-hydrogen) atoms. The van der Waals surface area contributed by atoms with E-state index in [-0.39, 0.29) is 17.6 Å². The molecule has 0 saturated carbocycles. The number of rotatable bonds is 3. The first-order valence-electron chi connectivity index (χ1n) is 8.34. The van der Waals surface area contributed by atoms with Crippen molar-refractivity contribution in [3.8, 4) is 0 Å². The second kappa shape index (κ2) is 6.88. The number of nitrogens with zero attached hydrogens (tertiary/aromatic N) is 1. The molecule has 3 fully saturated rings. The summed E-state index contributed by atoms with van der Waals surface area (Å²) < 4.78 is 11.8. The number of thioether (sulfide) groups is 1. The third kappa shape index (κ3) is 3.57. The van der Waals surface area contributed by atoms with E-state index >= 15 is 0 Å². The molecule has 3 heterocycles. The van der Waals surface area contributed by atoms with Gasteiger partial charge in [-0.05, 0) is 44.1 Å². The fraction of sp³-hybridized carbons (Fsp3) is 0.938. The number of hydrogen-bond donors (Lipinski definition) is 0. The van der Waals surface area contributed by atoms with Gasteiger partial charge in [0.05, 0.1) is 18.3 Å². The molecule has 5 heteroatoms. The molecule has 0 aromatic rings. The molecule has 120 valence electrons. The standard InChI is InChI=1S/C16H27NO3S/c1-2-19-14-10-16(20-11-14)6-3-7-17(12-16)15(18)13-4-8-21-9-5-13/h13-14H,2-12H2,1H3/t14-,16+/m0/s1. The summed E-state index contributed by atoms with van der Waals surface area (Å²) in [5.74, 6) is 2.90. The van der Waals surface area contributed by atoms with Crippen LogP contribution in [0.25, 0.3) is 0 Å². The second-order valence-corrected chi connectivity index (χ2v) is 7.75. The summed E-state index contributed by atoms with van der Waals surface area (Å²) in [7, 11) is 0. The van der Waals surface area contributed by atoms with Gasteiger partial charge in [-0.1, -0.05) is 0 Å². The molecule has 0 N–H and O–H groups in total. The number of hydrogen-bond acceptors (Lipinski definition) is 4. The maximum absolute atomic E-state index is 12.7. The third-order valence-electron chi connectivity index (χ3n) is 5.00. The molecule has 3 aliphatic rings. The maximum Gasteiger partial charge on any atom is 0.225 e. The van der Waals surface area contributed by atoms with Gasteiger partial charge in [0.15, 0.2) is 0 Å². The van der Waals surface area contributed by atoms with Gasteiger partial charge in [0, 0.05) is 32.0 Å². The molecule has 0 radical (unpaired) electrons. The fourth-order valence-corrected chi connectivity index (χ4v) is 5.03. The van der Waals surface area contributed by atoms with Gasteiger partial charge in [0.2, 0.25) is 5.91 Å². The van der Waals surface area contributed by atoms with Crippen molar-refractivity contribution >= 4 is 17.7 Å². The van der Waals surface area contributed by atoms with Crippen molar-refractivity contribution in [3.05, 3.63) is 0 Å². The second-order valence-electron chi connectivity index (χ2n) is 6.53. The minimum Gasteiger partial charge on any atom is -0.376 e. The van der Waals surface area contributed by atoms with E-state index in [9.17, 15) is 4.79 Å². The van der Waals surface area contributed by atoms with E-state index in [0.717, 1.165) is 63.3 Å². The van der Waals surface area contributed by atoms with Gasteiger partial charge in [-0.25, -0.2) is 0 Å². The minimum atomic E-state index is -0.128. The zero-order valence-corrected chi connectivity index (χ0v) is 13.8. The van der Waals surface area contributed by atoms with Crippen LogP contribution >= 0.6 is 11.8 Å². The summed E-state index contributed by atoms with van der Waals surface area (Å²) in [6.45, 7) is 5.15. The van der Waals surface area contributed by atoms with E-state index < -0.39 is 0 Å². The van der Waals surface area contributed by atoms with Crippen LogP contribution < -0.4 is 0 Å². The molecule has 3 saturated heterocycles. The lowest BCUT2D eigenvalue weighted by molar-refractivity contribution is -0.143. The number of carbonyl (C=O) groups is 1. The van der Waals surface area contributed by atoms with E-state index in [1.807, 2.05) is 18.7 Å². The van der Waals surface area contributed by atoms with E-state index in [1.54, 1.807) is 0 Å². The Kier molecular flexibility index (Phi) is 5.12. The molecule has 3 aliphatic heterocycles. The number of ether oxygens (including phenoxy) is 2. The molecule has 0 unspecified atom stereocenters. The highest BCUT2D eigenvalue weighted by Crippen LogP contribution is 2.37. The van der Waals surface area contributed by atoms with Crippen molar-refractivity contribution < 1.29 is 14.3 Å². The predicted octanol–water partition coefficient (Wildman–Crippen LogP) is 2.32. The molecule has 0 aromatic carbocycles. The Balaban J connectivity index is 1.59. The normalized spacial score (nSPS) is 34.5. The Morgan fingerprint density at radius 2 is 2.24 bits per heavy atom. The maximum atomic E-state index is 12.7. The van der Waals surface area contributed by atoms with Gasteiger partial charge in [0.25, 0.3) is 0 Å². The molecular formula is C16H27NO3S. The van der Waals surface area contributed by atoms with Gasteiger partial charge in [-0.15, -0.1) is 0 Å². The van der Waals surface area contributed by atoms with E-state index in [1.165, 1.54) is 0 Å². The Morgan fingerprint density at radius 1 is 1.43 bits per heavy atom. The summed E-state index contributed by atoms with van der Waals surface area (Å²) in [5, 5.41) is 0. The molecule has 2 atom stereocenters. The quantitative estimate of drug-likeness (QED) is 0.801.